The Bertz CT molecular complexity index is 966. The minimum absolute atomic E-state index is 0.0338. The molecule has 3 amide bonds. The molecule has 8 nitrogen and oxygen atoms in total. The maximum atomic E-state index is 15.6. The fourth-order valence-electron chi connectivity index (χ4n) is 5.28. The summed E-state index contributed by atoms with van der Waals surface area (Å²) >= 11 is 0. The van der Waals surface area contributed by atoms with Crippen molar-refractivity contribution in [1.29, 1.82) is 0 Å². The van der Waals surface area contributed by atoms with Crippen molar-refractivity contribution in [2.75, 3.05) is 19.8 Å². The lowest BCUT2D eigenvalue weighted by Crippen LogP contribution is -2.54. The molecule has 3 saturated heterocycles. The quantitative estimate of drug-likeness (QED) is 0.623. The number of carbonyl (C=O) groups excluding carboxylic acids is 3. The molecule has 1 aromatic carbocycles. The van der Waals surface area contributed by atoms with Gasteiger partial charge in [-0.25, -0.2) is 4.39 Å². The predicted molar refractivity (Wildman–Crippen MR) is 116 cm³/mol. The maximum Gasteiger partial charge on any atom is 0.255 e. The van der Waals surface area contributed by atoms with Crippen LogP contribution in [0.5, 0.6) is 0 Å². The largest absolute Gasteiger partial charge is 0.381 e. The number of nitrogens with one attached hydrogen (secondary N) is 2. The summed E-state index contributed by atoms with van der Waals surface area (Å²) in [5.41, 5.74) is 1.13. The summed E-state index contributed by atoms with van der Waals surface area (Å²) in [6, 6.07) is 3.00. The molecule has 4 heterocycles. The smallest absolute Gasteiger partial charge is 0.255 e. The zero-order chi connectivity index (χ0) is 23.1. The van der Waals surface area contributed by atoms with E-state index in [4.69, 9.17) is 9.47 Å². The van der Waals surface area contributed by atoms with E-state index in [0.717, 1.165) is 26.1 Å². The lowest BCUT2D eigenvalue weighted by molar-refractivity contribution is -0.136. The molecule has 1 aromatic rings. The fraction of sp³-hybridized carbons (Fsp3) is 0.625. The molecule has 0 aliphatic carbocycles. The molecule has 0 bridgehead atoms. The first-order valence-corrected chi connectivity index (χ1v) is 11.8. The third kappa shape index (κ3) is 4.29. The summed E-state index contributed by atoms with van der Waals surface area (Å²) in [6.45, 7) is 4.38. The van der Waals surface area contributed by atoms with E-state index in [1.54, 1.807) is 12.1 Å². The first kappa shape index (κ1) is 22.4. The molecule has 9 heteroatoms. The molecule has 0 spiro atoms. The number of imide groups is 1. The Labute approximate surface area is 192 Å². The number of ether oxygens (including phenoxy) is 2. The van der Waals surface area contributed by atoms with E-state index in [-0.39, 0.29) is 43.3 Å². The minimum atomic E-state index is -0.752. The molecule has 1 unspecified atom stereocenters. The van der Waals surface area contributed by atoms with Crippen molar-refractivity contribution in [2.24, 2.45) is 5.92 Å². The van der Waals surface area contributed by atoms with Gasteiger partial charge in [-0.2, -0.15) is 0 Å². The highest BCUT2D eigenvalue weighted by atomic mass is 19.1. The SMILES string of the molecule is C[C@@H](N[C@H]1CCCO[C@@H]1Cc1ccc2c(c1F)CN(C1CCC(=O)NC1=O)C2=O)C1COC1. The van der Waals surface area contributed by atoms with Gasteiger partial charge < -0.3 is 19.7 Å². The predicted octanol–water partition coefficient (Wildman–Crippen LogP) is 1.30. The highest BCUT2D eigenvalue weighted by molar-refractivity contribution is 6.05. The number of rotatable bonds is 6. The second-order valence-electron chi connectivity index (χ2n) is 9.58. The average Bonchev–Trinajstić information content (AvgIpc) is 3.07. The van der Waals surface area contributed by atoms with Crippen molar-refractivity contribution in [2.45, 2.75) is 69.8 Å². The molecule has 0 radical (unpaired) electrons. The number of amides is 3. The summed E-state index contributed by atoms with van der Waals surface area (Å²) < 4.78 is 26.9. The molecule has 4 aliphatic rings. The van der Waals surface area contributed by atoms with Crippen molar-refractivity contribution in [3.8, 4) is 0 Å². The van der Waals surface area contributed by atoms with Gasteiger partial charge in [0.25, 0.3) is 5.91 Å². The third-order valence-electron chi connectivity index (χ3n) is 7.44. The molecule has 4 aliphatic heterocycles. The van der Waals surface area contributed by atoms with Gasteiger partial charge in [0, 0.05) is 48.6 Å². The van der Waals surface area contributed by atoms with Crippen molar-refractivity contribution in [3.63, 3.8) is 0 Å². The number of nitrogens with zero attached hydrogens (tertiary/aromatic N) is 1. The van der Waals surface area contributed by atoms with Crippen LogP contribution < -0.4 is 10.6 Å². The first-order valence-electron chi connectivity index (χ1n) is 11.8. The van der Waals surface area contributed by atoms with Gasteiger partial charge in [-0.15, -0.1) is 0 Å². The number of fused-ring (bicyclic) bond motifs is 1. The number of piperidine rings is 1. The normalized spacial score (nSPS) is 29.0. The molecule has 33 heavy (non-hydrogen) atoms. The van der Waals surface area contributed by atoms with Crippen LogP contribution in [0.3, 0.4) is 0 Å². The number of benzene rings is 1. The number of hydrogen-bond donors (Lipinski definition) is 2. The van der Waals surface area contributed by atoms with E-state index >= 15 is 4.39 Å². The van der Waals surface area contributed by atoms with Crippen LogP contribution in [0, 0.1) is 11.7 Å². The second-order valence-corrected chi connectivity index (χ2v) is 9.58. The fourth-order valence-corrected chi connectivity index (χ4v) is 5.28. The summed E-state index contributed by atoms with van der Waals surface area (Å²) in [7, 11) is 0. The summed E-state index contributed by atoms with van der Waals surface area (Å²) in [5.74, 6) is -1.11. The lowest BCUT2D eigenvalue weighted by atomic mass is 9.92. The van der Waals surface area contributed by atoms with Crippen LogP contribution in [0.15, 0.2) is 12.1 Å². The van der Waals surface area contributed by atoms with Gasteiger partial charge in [0.2, 0.25) is 11.8 Å². The van der Waals surface area contributed by atoms with E-state index in [2.05, 4.69) is 17.6 Å². The number of halogens is 1. The van der Waals surface area contributed by atoms with Gasteiger partial charge in [0.1, 0.15) is 11.9 Å². The van der Waals surface area contributed by atoms with Crippen LogP contribution in [0.4, 0.5) is 4.39 Å². The average molecular weight is 460 g/mol. The van der Waals surface area contributed by atoms with E-state index in [1.807, 2.05) is 0 Å². The van der Waals surface area contributed by atoms with E-state index in [9.17, 15) is 14.4 Å². The Morgan fingerprint density at radius 2 is 2.06 bits per heavy atom. The van der Waals surface area contributed by atoms with Gasteiger partial charge in [-0.3, -0.25) is 19.7 Å². The van der Waals surface area contributed by atoms with Gasteiger partial charge in [0.05, 0.1) is 25.9 Å². The van der Waals surface area contributed by atoms with Crippen molar-refractivity contribution < 1.29 is 28.2 Å². The van der Waals surface area contributed by atoms with Crippen LogP contribution in [-0.4, -0.2) is 66.7 Å². The van der Waals surface area contributed by atoms with Crippen LogP contribution in [0.2, 0.25) is 0 Å². The topological polar surface area (TPSA) is 97.0 Å². The molecular formula is C24H30FN3O5. The first-order chi connectivity index (χ1) is 15.9. The van der Waals surface area contributed by atoms with Crippen LogP contribution in [0.25, 0.3) is 0 Å². The zero-order valence-corrected chi connectivity index (χ0v) is 18.8. The Morgan fingerprint density at radius 3 is 2.79 bits per heavy atom. The van der Waals surface area contributed by atoms with Gasteiger partial charge >= 0.3 is 0 Å². The van der Waals surface area contributed by atoms with Crippen molar-refractivity contribution in [3.05, 3.63) is 34.6 Å². The summed E-state index contributed by atoms with van der Waals surface area (Å²) in [5, 5.41) is 5.94. The van der Waals surface area contributed by atoms with Gasteiger partial charge in [0.15, 0.2) is 0 Å². The highest BCUT2D eigenvalue weighted by Gasteiger charge is 2.41. The van der Waals surface area contributed by atoms with Gasteiger partial charge in [-0.05, 0) is 37.8 Å². The molecule has 178 valence electrons. The van der Waals surface area contributed by atoms with E-state index in [1.165, 1.54) is 4.90 Å². The molecule has 5 rings (SSSR count). The van der Waals surface area contributed by atoms with Gasteiger partial charge in [-0.1, -0.05) is 6.07 Å². The lowest BCUT2D eigenvalue weighted by Gasteiger charge is -2.39. The molecule has 0 saturated carbocycles. The standard InChI is InChI=1S/C24H30FN3O5/c1-13(15-11-32-12-15)26-18-3-2-8-33-20(18)9-14-4-5-16-17(22(14)25)10-28(24(16)31)19-6-7-21(29)27-23(19)30/h4-5,13,15,18-20,26H,2-3,6-12H2,1H3,(H,27,29,30)/t13-,18+,19?,20-/m1/s1. The van der Waals surface area contributed by atoms with Crippen molar-refractivity contribution >= 4 is 17.7 Å². The van der Waals surface area contributed by atoms with Crippen LogP contribution in [0.1, 0.15) is 54.1 Å². The number of hydrogen-bond acceptors (Lipinski definition) is 6. The monoisotopic (exact) mass is 459 g/mol. The molecule has 2 N–H and O–H groups in total. The Balaban J connectivity index is 1.30. The Hall–Kier alpha value is -2.36. The van der Waals surface area contributed by atoms with E-state index in [0.29, 0.717) is 41.7 Å². The van der Waals surface area contributed by atoms with Crippen LogP contribution in [-0.2, 0) is 32.0 Å². The molecule has 4 atom stereocenters. The molecule has 3 fully saturated rings. The summed E-state index contributed by atoms with van der Waals surface area (Å²) in [6.07, 6.45) is 2.62. The zero-order valence-electron chi connectivity index (χ0n) is 18.8. The number of carbonyl (C=O) groups is 3. The molecule has 0 aromatic heterocycles. The van der Waals surface area contributed by atoms with E-state index < -0.39 is 17.8 Å². The second kappa shape index (κ2) is 9.12. The Kier molecular flexibility index (Phi) is 6.20. The third-order valence-corrected chi connectivity index (χ3v) is 7.44. The molecular weight excluding hydrogens is 429 g/mol. The van der Waals surface area contributed by atoms with Crippen LogP contribution >= 0.6 is 0 Å². The minimum Gasteiger partial charge on any atom is -0.381 e. The van der Waals surface area contributed by atoms with Crippen molar-refractivity contribution in [1.82, 2.24) is 15.5 Å². The maximum absolute atomic E-state index is 15.6. The Morgan fingerprint density at radius 1 is 1.24 bits per heavy atom. The summed E-state index contributed by atoms with van der Waals surface area (Å²) in [4.78, 5) is 38.0. The highest BCUT2D eigenvalue weighted by Crippen LogP contribution is 2.32.